The van der Waals surface area contributed by atoms with Gasteiger partial charge < -0.3 is 10.6 Å². The minimum absolute atomic E-state index is 0.0144. The van der Waals surface area contributed by atoms with Crippen molar-refractivity contribution < 1.29 is 22.0 Å². The zero-order valence-corrected chi connectivity index (χ0v) is 15.9. The van der Waals surface area contributed by atoms with Crippen LogP contribution in [-0.2, 0) is 6.18 Å². The van der Waals surface area contributed by atoms with Crippen LogP contribution in [-0.4, -0.2) is 33.4 Å². The van der Waals surface area contributed by atoms with Gasteiger partial charge in [0, 0.05) is 43.6 Å². The first-order valence-corrected chi connectivity index (χ1v) is 9.25. The first kappa shape index (κ1) is 19.8. The molecule has 0 spiro atoms. The first-order valence-electron chi connectivity index (χ1n) is 9.25. The predicted octanol–water partition coefficient (Wildman–Crippen LogP) is 4.46. The zero-order chi connectivity index (χ0) is 21.1. The van der Waals surface area contributed by atoms with Crippen molar-refractivity contribution in [2.24, 2.45) is 5.73 Å². The number of fused-ring (bicyclic) bond motifs is 3. The molecule has 0 bridgehead atoms. The number of aromatic nitrogens is 3. The molecule has 0 saturated carbocycles. The van der Waals surface area contributed by atoms with Crippen LogP contribution in [0.2, 0.25) is 0 Å². The van der Waals surface area contributed by atoms with Crippen molar-refractivity contribution in [3.05, 3.63) is 35.2 Å². The number of halogens is 5. The normalized spacial score (nSPS) is 18.6. The van der Waals surface area contributed by atoms with E-state index in [1.165, 1.54) is 4.40 Å². The lowest BCUT2D eigenvalue weighted by Gasteiger charge is -2.33. The van der Waals surface area contributed by atoms with Gasteiger partial charge in [-0.25, -0.2) is 18.7 Å². The quantitative estimate of drug-likeness (QED) is 0.630. The van der Waals surface area contributed by atoms with Crippen LogP contribution in [0.15, 0.2) is 18.3 Å². The lowest BCUT2D eigenvalue weighted by Crippen LogP contribution is -2.40. The molecule has 1 aromatic carbocycles. The van der Waals surface area contributed by atoms with Crippen molar-refractivity contribution in [1.29, 1.82) is 0 Å². The van der Waals surface area contributed by atoms with Gasteiger partial charge in [0.25, 0.3) is 5.92 Å². The maximum absolute atomic E-state index is 13.6. The molecule has 0 radical (unpaired) electrons. The van der Waals surface area contributed by atoms with E-state index in [0.717, 1.165) is 11.8 Å². The van der Waals surface area contributed by atoms with Crippen LogP contribution in [0, 0.1) is 6.92 Å². The number of hydrogen-bond donors (Lipinski definition) is 1. The summed E-state index contributed by atoms with van der Waals surface area (Å²) in [4.78, 5) is 9.99. The number of anilines is 1. The molecule has 0 amide bonds. The molecule has 1 aliphatic rings. The molecule has 1 saturated heterocycles. The van der Waals surface area contributed by atoms with Gasteiger partial charge >= 0.3 is 6.18 Å². The molecule has 0 aliphatic carbocycles. The van der Waals surface area contributed by atoms with E-state index in [2.05, 4.69) is 9.97 Å². The third-order valence-electron chi connectivity index (χ3n) is 5.22. The molecule has 29 heavy (non-hydrogen) atoms. The number of hydrogen-bond acceptors (Lipinski definition) is 4. The smallest absolute Gasteiger partial charge is 0.341 e. The van der Waals surface area contributed by atoms with Crippen molar-refractivity contribution in [3.63, 3.8) is 0 Å². The summed E-state index contributed by atoms with van der Waals surface area (Å²) >= 11 is 0. The Bertz CT molecular complexity index is 1080. The minimum Gasteiger partial charge on any atom is -0.341 e. The fourth-order valence-electron chi connectivity index (χ4n) is 3.72. The van der Waals surface area contributed by atoms with E-state index in [1.807, 2.05) is 13.0 Å². The van der Waals surface area contributed by atoms with E-state index in [-0.39, 0.29) is 37.5 Å². The number of nitrogens with two attached hydrogens (primary N) is 1. The van der Waals surface area contributed by atoms with Crippen LogP contribution >= 0.6 is 0 Å². The predicted molar refractivity (Wildman–Crippen MR) is 99.2 cm³/mol. The SMILES string of the molecule is Cc1cc(C(C)N)c2nc(N3CCC(F)(F)CC3)n3cc(C(F)(F)F)nc3c2c1. The minimum atomic E-state index is -4.64. The standard InChI is InChI=1S/C19H20F5N5/c1-10-7-12(11(2)25)15-13(8-10)16-26-14(19(22,23)24)9-29(16)17(27-15)28-5-3-18(20,21)4-6-28/h7-9,11H,3-6,25H2,1-2H3. The van der Waals surface area contributed by atoms with Crippen molar-refractivity contribution in [1.82, 2.24) is 14.4 Å². The van der Waals surface area contributed by atoms with Gasteiger partial charge in [0.1, 0.15) is 5.65 Å². The van der Waals surface area contributed by atoms with E-state index in [4.69, 9.17) is 5.73 Å². The van der Waals surface area contributed by atoms with E-state index < -0.39 is 23.8 Å². The lowest BCUT2D eigenvalue weighted by atomic mass is 10.0. The van der Waals surface area contributed by atoms with Crippen LogP contribution in [0.4, 0.5) is 27.9 Å². The summed E-state index contributed by atoms with van der Waals surface area (Å²) in [6, 6.07) is 3.13. The van der Waals surface area contributed by atoms with E-state index in [1.54, 1.807) is 17.9 Å². The maximum Gasteiger partial charge on any atom is 0.434 e. The van der Waals surface area contributed by atoms with Gasteiger partial charge in [-0.1, -0.05) is 6.07 Å². The largest absolute Gasteiger partial charge is 0.434 e. The van der Waals surface area contributed by atoms with Gasteiger partial charge in [-0.2, -0.15) is 13.2 Å². The van der Waals surface area contributed by atoms with E-state index in [0.29, 0.717) is 16.5 Å². The second-order valence-electron chi connectivity index (χ2n) is 7.61. The summed E-state index contributed by atoms with van der Waals surface area (Å²) in [7, 11) is 0. The van der Waals surface area contributed by atoms with Gasteiger partial charge in [-0.3, -0.25) is 4.40 Å². The Hall–Kier alpha value is -2.49. The molecule has 2 aromatic heterocycles. The third kappa shape index (κ3) is 3.50. The summed E-state index contributed by atoms with van der Waals surface area (Å²) < 4.78 is 68.5. The highest BCUT2D eigenvalue weighted by atomic mass is 19.4. The molecular weight excluding hydrogens is 393 g/mol. The summed E-state index contributed by atoms with van der Waals surface area (Å²) in [5.74, 6) is -2.62. The van der Waals surface area contributed by atoms with Crippen LogP contribution in [0.1, 0.15) is 42.6 Å². The highest BCUT2D eigenvalue weighted by Gasteiger charge is 2.37. The van der Waals surface area contributed by atoms with Gasteiger partial charge in [-0.15, -0.1) is 0 Å². The Morgan fingerprint density at radius 3 is 2.38 bits per heavy atom. The Labute approximate surface area is 163 Å². The first-order chi connectivity index (χ1) is 13.5. The molecule has 10 heteroatoms. The second kappa shape index (κ2) is 6.51. The molecule has 3 heterocycles. The number of piperidine rings is 1. The molecule has 1 atom stereocenters. The number of aryl methyl sites for hydroxylation is 1. The highest BCUT2D eigenvalue weighted by molar-refractivity contribution is 5.95. The van der Waals surface area contributed by atoms with Crippen molar-refractivity contribution in [3.8, 4) is 0 Å². The molecule has 156 valence electrons. The third-order valence-corrected chi connectivity index (χ3v) is 5.22. The second-order valence-corrected chi connectivity index (χ2v) is 7.61. The van der Waals surface area contributed by atoms with Gasteiger partial charge in [-0.05, 0) is 31.0 Å². The fraction of sp³-hybridized carbons (Fsp3) is 0.474. The molecule has 5 nitrogen and oxygen atoms in total. The van der Waals surface area contributed by atoms with E-state index in [9.17, 15) is 22.0 Å². The van der Waals surface area contributed by atoms with Crippen molar-refractivity contribution in [2.75, 3.05) is 18.0 Å². The number of nitrogens with zero attached hydrogens (tertiary/aromatic N) is 4. The van der Waals surface area contributed by atoms with Crippen LogP contribution in [0.3, 0.4) is 0 Å². The number of alkyl halides is 5. The molecule has 4 rings (SSSR count). The molecule has 2 N–H and O–H groups in total. The van der Waals surface area contributed by atoms with Gasteiger partial charge in [0.05, 0.1) is 5.52 Å². The molecule has 1 unspecified atom stereocenters. The average Bonchev–Trinajstić information content (AvgIpc) is 3.07. The number of rotatable bonds is 2. The number of imidazole rings is 1. The van der Waals surface area contributed by atoms with Crippen LogP contribution < -0.4 is 10.6 Å². The molecule has 1 fully saturated rings. The van der Waals surface area contributed by atoms with Crippen LogP contribution in [0.25, 0.3) is 16.6 Å². The molecule has 3 aromatic rings. The summed E-state index contributed by atoms with van der Waals surface area (Å²) in [6.07, 6.45) is -4.54. The average molecular weight is 413 g/mol. The summed E-state index contributed by atoms with van der Waals surface area (Å²) in [6.45, 7) is 3.54. The van der Waals surface area contributed by atoms with Crippen molar-refractivity contribution in [2.45, 2.75) is 44.8 Å². The summed E-state index contributed by atoms with van der Waals surface area (Å²) in [5, 5.41) is 0.443. The lowest BCUT2D eigenvalue weighted by molar-refractivity contribution is -0.140. The highest BCUT2D eigenvalue weighted by Crippen LogP contribution is 2.36. The van der Waals surface area contributed by atoms with Gasteiger partial charge in [0.2, 0.25) is 5.95 Å². The summed E-state index contributed by atoms with van der Waals surface area (Å²) in [5.41, 5.74) is 7.02. The van der Waals surface area contributed by atoms with E-state index >= 15 is 0 Å². The Morgan fingerprint density at radius 2 is 1.79 bits per heavy atom. The zero-order valence-electron chi connectivity index (χ0n) is 15.9. The fourth-order valence-corrected chi connectivity index (χ4v) is 3.72. The Balaban J connectivity index is 2.01. The van der Waals surface area contributed by atoms with Crippen molar-refractivity contribution >= 4 is 22.5 Å². The number of benzene rings is 1. The Morgan fingerprint density at radius 1 is 1.14 bits per heavy atom. The Kier molecular flexibility index (Phi) is 4.45. The molecule has 1 aliphatic heterocycles. The van der Waals surface area contributed by atoms with Crippen LogP contribution in [0.5, 0.6) is 0 Å². The monoisotopic (exact) mass is 413 g/mol. The molecular formula is C19H20F5N5. The topological polar surface area (TPSA) is 59.5 Å². The maximum atomic E-state index is 13.6. The van der Waals surface area contributed by atoms with Gasteiger partial charge in [0.15, 0.2) is 5.69 Å².